The average molecular weight is 267 g/mol. The maximum atomic E-state index is 11.7. The Morgan fingerprint density at radius 3 is 2.45 bits per heavy atom. The van der Waals surface area contributed by atoms with Crippen molar-refractivity contribution >= 4 is 17.5 Å². The molecule has 1 aliphatic carbocycles. The van der Waals surface area contributed by atoms with Crippen LogP contribution in [0.1, 0.15) is 24.0 Å². The smallest absolute Gasteiger partial charge is 0.416 e. The first-order chi connectivity index (χ1) is 9.77. The van der Waals surface area contributed by atoms with E-state index in [1.54, 1.807) is 0 Å². The molecule has 1 aliphatic rings. The van der Waals surface area contributed by atoms with Gasteiger partial charge >= 0.3 is 6.09 Å². The minimum atomic E-state index is -0.935. The molecule has 0 heterocycles. The van der Waals surface area contributed by atoms with Crippen molar-refractivity contribution in [2.75, 3.05) is 4.90 Å². The maximum Gasteiger partial charge on any atom is 0.416 e. The highest BCUT2D eigenvalue weighted by Gasteiger charge is 2.22. The second-order valence-electron chi connectivity index (χ2n) is 5.08. The quantitative estimate of drug-likeness (QED) is 0.877. The monoisotopic (exact) mass is 267 g/mol. The van der Waals surface area contributed by atoms with Crippen molar-refractivity contribution < 1.29 is 9.90 Å². The van der Waals surface area contributed by atoms with E-state index in [-0.39, 0.29) is 0 Å². The number of amides is 1. The minimum absolute atomic E-state index is 0.693. The third kappa shape index (κ3) is 2.27. The van der Waals surface area contributed by atoms with Crippen LogP contribution in [0.2, 0.25) is 0 Å². The Labute approximate surface area is 118 Å². The third-order valence-electron chi connectivity index (χ3n) is 3.82. The minimum Gasteiger partial charge on any atom is -0.464 e. The molecule has 3 heteroatoms. The van der Waals surface area contributed by atoms with Crippen molar-refractivity contribution in [1.29, 1.82) is 0 Å². The van der Waals surface area contributed by atoms with Crippen molar-refractivity contribution in [3.8, 4) is 0 Å². The van der Waals surface area contributed by atoms with E-state index >= 15 is 0 Å². The molecular weight excluding hydrogens is 250 g/mol. The highest BCUT2D eigenvalue weighted by atomic mass is 16.4. The van der Waals surface area contributed by atoms with Crippen LogP contribution in [0, 0.1) is 0 Å². The van der Waals surface area contributed by atoms with E-state index in [1.807, 2.05) is 42.5 Å². The van der Waals surface area contributed by atoms with E-state index < -0.39 is 6.09 Å². The Hall–Kier alpha value is -2.29. The van der Waals surface area contributed by atoms with Crippen LogP contribution in [0.4, 0.5) is 16.2 Å². The van der Waals surface area contributed by atoms with Crippen LogP contribution in [-0.2, 0) is 12.8 Å². The van der Waals surface area contributed by atoms with Crippen LogP contribution in [-0.4, -0.2) is 11.2 Å². The van der Waals surface area contributed by atoms with Gasteiger partial charge in [0.1, 0.15) is 0 Å². The van der Waals surface area contributed by atoms with E-state index in [4.69, 9.17) is 0 Å². The summed E-state index contributed by atoms with van der Waals surface area (Å²) in [4.78, 5) is 13.1. The summed E-state index contributed by atoms with van der Waals surface area (Å²) < 4.78 is 0. The number of hydrogen-bond acceptors (Lipinski definition) is 1. The van der Waals surface area contributed by atoms with Crippen molar-refractivity contribution in [2.45, 2.75) is 25.7 Å². The lowest BCUT2D eigenvalue weighted by atomic mass is 9.90. The molecule has 0 radical (unpaired) electrons. The molecule has 3 rings (SSSR count). The number of benzene rings is 2. The summed E-state index contributed by atoms with van der Waals surface area (Å²) in [5.41, 5.74) is 3.97. The number of hydrogen-bond donors (Lipinski definition) is 1. The molecule has 0 saturated heterocycles. The number of anilines is 2. The molecule has 20 heavy (non-hydrogen) atoms. The summed E-state index contributed by atoms with van der Waals surface area (Å²) in [5.74, 6) is 0. The van der Waals surface area contributed by atoms with E-state index in [0.29, 0.717) is 5.69 Å². The van der Waals surface area contributed by atoms with Gasteiger partial charge in [0.05, 0.1) is 11.4 Å². The molecule has 0 atom stereocenters. The molecule has 0 bridgehead atoms. The molecule has 3 nitrogen and oxygen atoms in total. The highest BCUT2D eigenvalue weighted by molar-refractivity contribution is 5.95. The highest BCUT2D eigenvalue weighted by Crippen LogP contribution is 2.34. The zero-order valence-electron chi connectivity index (χ0n) is 11.2. The van der Waals surface area contributed by atoms with Crippen LogP contribution in [0.15, 0.2) is 48.5 Å². The number of nitrogens with zero attached hydrogens (tertiary/aromatic N) is 1. The predicted octanol–water partition coefficient (Wildman–Crippen LogP) is 4.38. The number of carboxylic acid groups (broad SMARTS) is 1. The van der Waals surface area contributed by atoms with Crippen LogP contribution in [0.25, 0.3) is 0 Å². The van der Waals surface area contributed by atoms with Crippen molar-refractivity contribution in [1.82, 2.24) is 0 Å². The zero-order valence-corrected chi connectivity index (χ0v) is 11.2. The first kappa shape index (κ1) is 12.7. The molecule has 0 aliphatic heterocycles. The van der Waals surface area contributed by atoms with Crippen molar-refractivity contribution in [2.24, 2.45) is 0 Å². The topological polar surface area (TPSA) is 40.5 Å². The first-order valence-corrected chi connectivity index (χ1v) is 6.96. The van der Waals surface area contributed by atoms with Crippen LogP contribution in [0.3, 0.4) is 0 Å². The Kier molecular flexibility index (Phi) is 3.42. The fourth-order valence-corrected chi connectivity index (χ4v) is 2.90. The predicted molar refractivity (Wildman–Crippen MR) is 79.7 cm³/mol. The molecule has 2 aromatic rings. The van der Waals surface area contributed by atoms with Crippen LogP contribution in [0.5, 0.6) is 0 Å². The Bertz CT molecular complexity index is 622. The van der Waals surface area contributed by atoms with Crippen molar-refractivity contribution in [3.63, 3.8) is 0 Å². The molecule has 0 saturated carbocycles. The number of rotatable bonds is 2. The SMILES string of the molecule is O=C(O)N(c1ccccc1)c1cccc2c1CCCC2. The summed E-state index contributed by atoms with van der Waals surface area (Å²) in [6.07, 6.45) is 3.39. The van der Waals surface area contributed by atoms with Crippen LogP contribution < -0.4 is 4.90 Å². The summed E-state index contributed by atoms with van der Waals surface area (Å²) in [5, 5.41) is 9.61. The Morgan fingerprint density at radius 2 is 1.70 bits per heavy atom. The fraction of sp³-hybridized carbons (Fsp3) is 0.235. The lowest BCUT2D eigenvalue weighted by Gasteiger charge is -2.26. The zero-order chi connectivity index (χ0) is 13.9. The summed E-state index contributed by atoms with van der Waals surface area (Å²) in [6.45, 7) is 0. The maximum absolute atomic E-state index is 11.7. The molecule has 1 N–H and O–H groups in total. The summed E-state index contributed by atoms with van der Waals surface area (Å²) in [7, 11) is 0. The first-order valence-electron chi connectivity index (χ1n) is 6.96. The summed E-state index contributed by atoms with van der Waals surface area (Å²) in [6, 6.07) is 15.3. The molecule has 1 amide bonds. The third-order valence-corrected chi connectivity index (χ3v) is 3.82. The number of carbonyl (C=O) groups is 1. The van der Waals surface area contributed by atoms with Crippen molar-refractivity contribution in [3.05, 3.63) is 59.7 Å². The second kappa shape index (κ2) is 5.37. The number of para-hydroxylation sites is 1. The number of fused-ring (bicyclic) bond motifs is 1. The van der Waals surface area contributed by atoms with Gasteiger partial charge in [-0.25, -0.2) is 9.69 Å². The second-order valence-corrected chi connectivity index (χ2v) is 5.08. The van der Waals surface area contributed by atoms with Crippen LogP contribution >= 0.6 is 0 Å². The molecule has 102 valence electrons. The normalized spacial score (nSPS) is 13.6. The van der Waals surface area contributed by atoms with Gasteiger partial charge in [0, 0.05) is 0 Å². The molecule has 0 fully saturated rings. The van der Waals surface area contributed by atoms with E-state index in [1.165, 1.54) is 22.4 Å². The number of aryl methyl sites for hydroxylation is 1. The van der Waals surface area contributed by atoms with Gasteiger partial charge in [-0.2, -0.15) is 0 Å². The van der Waals surface area contributed by atoms with Gasteiger partial charge in [-0.3, -0.25) is 0 Å². The van der Waals surface area contributed by atoms with Gasteiger partial charge in [0.15, 0.2) is 0 Å². The lowest BCUT2D eigenvalue weighted by Crippen LogP contribution is -2.25. The van der Waals surface area contributed by atoms with Gasteiger partial charge in [-0.1, -0.05) is 30.3 Å². The van der Waals surface area contributed by atoms with E-state index in [2.05, 4.69) is 6.07 Å². The fourth-order valence-electron chi connectivity index (χ4n) is 2.90. The summed E-state index contributed by atoms with van der Waals surface area (Å²) >= 11 is 0. The van der Waals surface area contributed by atoms with Gasteiger partial charge in [0.2, 0.25) is 0 Å². The van der Waals surface area contributed by atoms with Gasteiger partial charge in [0.25, 0.3) is 0 Å². The Balaban J connectivity index is 2.11. The molecule has 0 aromatic heterocycles. The standard InChI is InChI=1S/C17H17NO2/c19-17(20)18(14-9-2-1-3-10-14)16-12-6-8-13-7-4-5-11-15(13)16/h1-3,6,8-10,12H,4-5,7,11H2,(H,19,20). The van der Waals surface area contributed by atoms with Gasteiger partial charge in [-0.05, 0) is 55.0 Å². The van der Waals surface area contributed by atoms with E-state index in [9.17, 15) is 9.90 Å². The molecular formula is C17H17NO2. The lowest BCUT2D eigenvalue weighted by molar-refractivity contribution is 0.204. The molecule has 0 spiro atoms. The van der Waals surface area contributed by atoms with Gasteiger partial charge in [-0.15, -0.1) is 0 Å². The van der Waals surface area contributed by atoms with E-state index in [0.717, 1.165) is 24.9 Å². The molecule has 0 unspecified atom stereocenters. The Morgan fingerprint density at radius 1 is 0.950 bits per heavy atom. The van der Waals surface area contributed by atoms with Gasteiger partial charge < -0.3 is 5.11 Å². The molecule has 2 aromatic carbocycles. The largest absolute Gasteiger partial charge is 0.464 e. The average Bonchev–Trinajstić information content (AvgIpc) is 2.48.